The normalized spacial score (nSPS) is 11.8. The molecule has 0 radical (unpaired) electrons. The minimum atomic E-state index is 0.0581. The Morgan fingerprint density at radius 2 is 1.86 bits per heavy atom. The van der Waals surface area contributed by atoms with Gasteiger partial charge in [0.2, 0.25) is 0 Å². The highest BCUT2D eigenvalue weighted by atomic mass is 79.9. The number of benzene rings is 1. The lowest BCUT2D eigenvalue weighted by molar-refractivity contribution is 0.464. The third kappa shape index (κ3) is 2.30. The molecule has 0 saturated carbocycles. The SMILES string of the molecule is CCc1cc(Br)c(C(C)(C)C)cc1O. The molecular weight excluding hydrogens is 240 g/mol. The number of phenolic OH excluding ortho intramolecular Hbond substituents is 1. The average molecular weight is 257 g/mol. The van der Waals surface area contributed by atoms with Crippen LogP contribution in [0, 0.1) is 0 Å². The zero-order valence-electron chi connectivity index (χ0n) is 9.19. The number of hydrogen-bond donors (Lipinski definition) is 1. The van der Waals surface area contributed by atoms with Gasteiger partial charge in [-0.15, -0.1) is 0 Å². The van der Waals surface area contributed by atoms with Gasteiger partial charge in [-0.25, -0.2) is 0 Å². The Labute approximate surface area is 94.3 Å². The molecule has 0 aliphatic carbocycles. The highest BCUT2D eigenvalue weighted by Gasteiger charge is 2.18. The van der Waals surface area contributed by atoms with E-state index in [1.165, 1.54) is 0 Å². The summed E-state index contributed by atoms with van der Waals surface area (Å²) in [5.41, 5.74) is 2.19. The molecule has 0 unspecified atom stereocenters. The smallest absolute Gasteiger partial charge is 0.119 e. The first-order valence-corrected chi connectivity index (χ1v) is 5.67. The zero-order valence-corrected chi connectivity index (χ0v) is 10.8. The summed E-state index contributed by atoms with van der Waals surface area (Å²) in [6.07, 6.45) is 0.856. The fraction of sp³-hybridized carbons (Fsp3) is 0.500. The number of phenols is 1. The van der Waals surface area contributed by atoms with Gasteiger partial charge in [-0.2, -0.15) is 0 Å². The van der Waals surface area contributed by atoms with Crippen molar-refractivity contribution in [2.45, 2.75) is 39.5 Å². The molecule has 0 amide bonds. The number of rotatable bonds is 1. The average Bonchev–Trinajstić information content (AvgIpc) is 2.06. The van der Waals surface area contributed by atoms with Crippen LogP contribution in [0.4, 0.5) is 0 Å². The van der Waals surface area contributed by atoms with Crippen LogP contribution in [0.25, 0.3) is 0 Å². The topological polar surface area (TPSA) is 20.2 Å². The van der Waals surface area contributed by atoms with Gasteiger partial charge in [-0.3, -0.25) is 0 Å². The third-order valence-electron chi connectivity index (χ3n) is 2.36. The standard InChI is InChI=1S/C12H17BrO/c1-5-8-6-10(13)9(7-11(8)14)12(2,3)4/h6-7,14H,5H2,1-4H3. The van der Waals surface area contributed by atoms with Crippen LogP contribution in [-0.4, -0.2) is 5.11 Å². The number of halogens is 1. The fourth-order valence-corrected chi connectivity index (χ4v) is 2.45. The van der Waals surface area contributed by atoms with Gasteiger partial charge in [-0.05, 0) is 35.1 Å². The second-order valence-electron chi connectivity index (χ2n) is 4.56. The predicted octanol–water partition coefficient (Wildman–Crippen LogP) is 4.01. The summed E-state index contributed by atoms with van der Waals surface area (Å²) in [5, 5.41) is 9.76. The molecule has 1 N–H and O–H groups in total. The van der Waals surface area contributed by atoms with Crippen molar-refractivity contribution in [2.75, 3.05) is 0 Å². The highest BCUT2D eigenvalue weighted by Crippen LogP contribution is 2.34. The Morgan fingerprint density at radius 1 is 1.29 bits per heavy atom. The molecule has 0 aliphatic heterocycles. The van der Waals surface area contributed by atoms with Gasteiger partial charge in [0.1, 0.15) is 5.75 Å². The van der Waals surface area contributed by atoms with E-state index in [2.05, 4.69) is 36.7 Å². The lowest BCUT2D eigenvalue weighted by atomic mass is 9.86. The van der Waals surface area contributed by atoms with Crippen LogP contribution in [0.1, 0.15) is 38.8 Å². The molecule has 0 saturated heterocycles. The quantitative estimate of drug-likeness (QED) is 0.805. The van der Waals surface area contributed by atoms with E-state index in [9.17, 15) is 5.11 Å². The van der Waals surface area contributed by atoms with Gasteiger partial charge in [-0.1, -0.05) is 43.6 Å². The van der Waals surface area contributed by atoms with Gasteiger partial charge in [0.05, 0.1) is 0 Å². The molecule has 0 atom stereocenters. The van der Waals surface area contributed by atoms with Crippen LogP contribution in [0.2, 0.25) is 0 Å². The Balaban J connectivity index is 3.29. The van der Waals surface area contributed by atoms with Crippen molar-refractivity contribution in [2.24, 2.45) is 0 Å². The molecule has 1 rings (SSSR count). The van der Waals surface area contributed by atoms with Gasteiger partial charge >= 0.3 is 0 Å². The summed E-state index contributed by atoms with van der Waals surface area (Å²) >= 11 is 3.55. The Kier molecular flexibility index (Phi) is 3.25. The second-order valence-corrected chi connectivity index (χ2v) is 5.42. The van der Waals surface area contributed by atoms with E-state index in [-0.39, 0.29) is 5.41 Å². The number of aromatic hydroxyl groups is 1. The molecule has 0 spiro atoms. The van der Waals surface area contributed by atoms with Crippen LogP contribution in [0.5, 0.6) is 5.75 Å². The summed E-state index contributed by atoms with van der Waals surface area (Å²) in [5.74, 6) is 0.403. The number of hydrogen-bond acceptors (Lipinski definition) is 1. The summed E-state index contributed by atoms with van der Waals surface area (Å²) in [4.78, 5) is 0. The van der Waals surface area contributed by atoms with Crippen molar-refractivity contribution in [3.63, 3.8) is 0 Å². The maximum Gasteiger partial charge on any atom is 0.119 e. The van der Waals surface area contributed by atoms with Gasteiger partial charge < -0.3 is 5.11 Å². The van der Waals surface area contributed by atoms with Crippen molar-refractivity contribution >= 4 is 15.9 Å². The summed E-state index contributed by atoms with van der Waals surface area (Å²) in [6, 6.07) is 3.87. The van der Waals surface area contributed by atoms with Crippen LogP contribution >= 0.6 is 15.9 Å². The monoisotopic (exact) mass is 256 g/mol. The molecule has 0 bridgehead atoms. The zero-order chi connectivity index (χ0) is 10.9. The molecule has 0 fully saturated rings. The Hall–Kier alpha value is -0.500. The van der Waals surface area contributed by atoms with Crippen molar-refractivity contribution in [1.82, 2.24) is 0 Å². The van der Waals surface area contributed by atoms with E-state index in [1.54, 1.807) is 0 Å². The largest absolute Gasteiger partial charge is 0.508 e. The van der Waals surface area contributed by atoms with Crippen molar-refractivity contribution in [3.05, 3.63) is 27.7 Å². The van der Waals surface area contributed by atoms with Crippen LogP contribution in [-0.2, 0) is 11.8 Å². The molecule has 1 aromatic rings. The molecule has 1 aromatic carbocycles. The fourth-order valence-electron chi connectivity index (χ4n) is 1.46. The van der Waals surface area contributed by atoms with Crippen molar-refractivity contribution in [3.8, 4) is 5.75 Å². The van der Waals surface area contributed by atoms with E-state index in [0.717, 1.165) is 22.0 Å². The Morgan fingerprint density at radius 3 is 2.29 bits per heavy atom. The third-order valence-corrected chi connectivity index (χ3v) is 3.01. The van der Waals surface area contributed by atoms with E-state index >= 15 is 0 Å². The van der Waals surface area contributed by atoms with Gasteiger partial charge in [0.25, 0.3) is 0 Å². The summed E-state index contributed by atoms with van der Waals surface area (Å²) < 4.78 is 1.08. The molecule has 0 aromatic heterocycles. The first-order valence-electron chi connectivity index (χ1n) is 4.88. The summed E-state index contributed by atoms with van der Waals surface area (Å²) in [6.45, 7) is 8.45. The van der Waals surface area contributed by atoms with Crippen LogP contribution < -0.4 is 0 Å². The molecule has 78 valence electrons. The van der Waals surface area contributed by atoms with Crippen molar-refractivity contribution < 1.29 is 5.11 Å². The maximum absolute atomic E-state index is 9.76. The first-order chi connectivity index (χ1) is 6.36. The second kappa shape index (κ2) is 3.93. The molecule has 2 heteroatoms. The van der Waals surface area contributed by atoms with E-state index in [0.29, 0.717) is 5.75 Å². The van der Waals surface area contributed by atoms with Crippen LogP contribution in [0.3, 0.4) is 0 Å². The molecular formula is C12H17BrO. The molecule has 0 aliphatic rings. The van der Waals surface area contributed by atoms with E-state index < -0.39 is 0 Å². The molecule has 14 heavy (non-hydrogen) atoms. The Bertz CT molecular complexity index is 337. The number of aryl methyl sites for hydroxylation is 1. The first kappa shape index (κ1) is 11.6. The minimum absolute atomic E-state index is 0.0581. The van der Waals surface area contributed by atoms with E-state index in [4.69, 9.17) is 0 Å². The van der Waals surface area contributed by atoms with Crippen molar-refractivity contribution in [1.29, 1.82) is 0 Å². The van der Waals surface area contributed by atoms with Gasteiger partial charge in [0, 0.05) is 4.47 Å². The molecule has 0 heterocycles. The predicted molar refractivity (Wildman–Crippen MR) is 63.9 cm³/mol. The highest BCUT2D eigenvalue weighted by molar-refractivity contribution is 9.10. The lowest BCUT2D eigenvalue weighted by Gasteiger charge is -2.21. The summed E-state index contributed by atoms with van der Waals surface area (Å²) in [7, 11) is 0. The minimum Gasteiger partial charge on any atom is -0.508 e. The van der Waals surface area contributed by atoms with Gasteiger partial charge in [0.15, 0.2) is 0 Å². The van der Waals surface area contributed by atoms with Crippen LogP contribution in [0.15, 0.2) is 16.6 Å². The lowest BCUT2D eigenvalue weighted by Crippen LogP contribution is -2.12. The van der Waals surface area contributed by atoms with E-state index in [1.807, 2.05) is 19.1 Å². The maximum atomic E-state index is 9.76. The molecule has 1 nitrogen and oxygen atoms in total.